The molecule has 0 atom stereocenters. The van der Waals surface area contributed by atoms with Crippen LogP contribution >= 0.6 is 0 Å². The predicted octanol–water partition coefficient (Wildman–Crippen LogP) is 3.50. The first-order valence-corrected chi connectivity index (χ1v) is 7.06. The number of nitrogens with one attached hydrogen (secondary N) is 1. The molecule has 4 nitrogen and oxygen atoms in total. The number of hydrogen-bond donors (Lipinski definition) is 1. The highest BCUT2D eigenvalue weighted by atomic mass is 16.5. The summed E-state index contributed by atoms with van der Waals surface area (Å²) in [7, 11) is 0. The van der Waals surface area contributed by atoms with Gasteiger partial charge in [-0.1, -0.05) is 25.0 Å². The van der Waals surface area contributed by atoms with Crippen LogP contribution in [-0.4, -0.2) is 12.0 Å². The number of ether oxygens (including phenoxy) is 1. The third-order valence-corrected chi connectivity index (χ3v) is 3.60. The minimum absolute atomic E-state index is 0.0319. The number of nitrogens with zero attached hydrogens (tertiary/aromatic N) is 1. The van der Waals surface area contributed by atoms with Gasteiger partial charge in [0, 0.05) is 0 Å². The van der Waals surface area contributed by atoms with Crippen LogP contribution in [0.5, 0.6) is 5.75 Å². The third kappa shape index (κ3) is 2.93. The first-order chi connectivity index (χ1) is 9.57. The average Bonchev–Trinajstić information content (AvgIpc) is 2.90. The fourth-order valence-electron chi connectivity index (χ4n) is 2.54. The minimum Gasteiger partial charge on any atom is -0.489 e. The summed E-state index contributed by atoms with van der Waals surface area (Å²) in [6.07, 6.45) is 3.19. The van der Waals surface area contributed by atoms with E-state index in [-0.39, 0.29) is 12.0 Å². The Morgan fingerprint density at radius 2 is 2.00 bits per heavy atom. The molecule has 106 valence electrons. The summed E-state index contributed by atoms with van der Waals surface area (Å²) in [6, 6.07) is 9.54. The van der Waals surface area contributed by atoms with Gasteiger partial charge in [0.05, 0.1) is 17.9 Å². The molecule has 0 radical (unpaired) electrons. The van der Waals surface area contributed by atoms with Gasteiger partial charge in [-0.3, -0.25) is 4.79 Å². The molecule has 0 saturated heterocycles. The lowest BCUT2D eigenvalue weighted by atomic mass is 9.87. The Morgan fingerprint density at radius 1 is 1.35 bits per heavy atom. The maximum atomic E-state index is 12.4. The fraction of sp³-hybridized carbons (Fsp3) is 0.500. The van der Waals surface area contributed by atoms with Crippen LogP contribution in [0.3, 0.4) is 0 Å². The van der Waals surface area contributed by atoms with E-state index in [0.29, 0.717) is 24.3 Å². The molecule has 1 amide bonds. The number of anilines is 1. The van der Waals surface area contributed by atoms with Crippen molar-refractivity contribution in [3.8, 4) is 11.8 Å². The van der Waals surface area contributed by atoms with E-state index in [1.54, 1.807) is 6.07 Å². The lowest BCUT2D eigenvalue weighted by molar-refractivity contribution is -0.122. The quantitative estimate of drug-likeness (QED) is 0.912. The van der Waals surface area contributed by atoms with Crippen LogP contribution in [0.1, 0.15) is 39.5 Å². The number of amides is 1. The Kier molecular flexibility index (Phi) is 4.29. The molecular weight excluding hydrogens is 252 g/mol. The van der Waals surface area contributed by atoms with E-state index >= 15 is 0 Å². The predicted molar refractivity (Wildman–Crippen MR) is 77.3 cm³/mol. The number of carbonyl (C=O) groups is 1. The smallest absolute Gasteiger partial charge is 0.244 e. The Hall–Kier alpha value is -2.02. The fourth-order valence-corrected chi connectivity index (χ4v) is 2.54. The molecule has 0 aromatic heterocycles. The van der Waals surface area contributed by atoms with Gasteiger partial charge in [-0.05, 0) is 38.8 Å². The van der Waals surface area contributed by atoms with Gasteiger partial charge in [0.25, 0.3) is 0 Å². The van der Waals surface area contributed by atoms with Crippen molar-refractivity contribution >= 4 is 11.6 Å². The molecule has 0 heterocycles. The van der Waals surface area contributed by atoms with E-state index in [1.807, 2.05) is 32.0 Å². The van der Waals surface area contributed by atoms with Gasteiger partial charge in [-0.25, -0.2) is 0 Å². The number of benzene rings is 1. The Labute approximate surface area is 119 Å². The van der Waals surface area contributed by atoms with Crippen LogP contribution in [-0.2, 0) is 4.79 Å². The zero-order chi connectivity index (χ0) is 14.6. The van der Waals surface area contributed by atoms with Crippen LogP contribution in [0, 0.1) is 16.7 Å². The van der Waals surface area contributed by atoms with Gasteiger partial charge in [0.1, 0.15) is 11.2 Å². The molecule has 0 aliphatic heterocycles. The summed E-state index contributed by atoms with van der Waals surface area (Å²) in [6.45, 7) is 3.87. The van der Waals surface area contributed by atoms with Crippen molar-refractivity contribution in [3.05, 3.63) is 24.3 Å². The lowest BCUT2D eigenvalue weighted by Crippen LogP contribution is -2.32. The van der Waals surface area contributed by atoms with Crippen molar-refractivity contribution in [2.75, 3.05) is 5.32 Å². The summed E-state index contributed by atoms with van der Waals surface area (Å²) >= 11 is 0. The standard InChI is InChI=1S/C16H20N2O2/c1-12(2)20-14-8-4-3-7-13(14)18-15(19)16(11-17)9-5-6-10-16/h3-4,7-8,12H,5-6,9-10H2,1-2H3,(H,18,19). The maximum Gasteiger partial charge on any atom is 0.244 e. The Morgan fingerprint density at radius 3 is 2.60 bits per heavy atom. The highest BCUT2D eigenvalue weighted by Crippen LogP contribution is 2.39. The highest BCUT2D eigenvalue weighted by Gasteiger charge is 2.41. The molecule has 1 aromatic carbocycles. The minimum atomic E-state index is -0.870. The Balaban J connectivity index is 2.18. The van der Waals surface area contributed by atoms with Crippen molar-refractivity contribution in [1.82, 2.24) is 0 Å². The zero-order valence-corrected chi connectivity index (χ0v) is 12.0. The summed E-state index contributed by atoms with van der Waals surface area (Å²) in [5, 5.41) is 12.2. The van der Waals surface area contributed by atoms with E-state index in [9.17, 15) is 10.1 Å². The molecule has 1 N–H and O–H groups in total. The van der Waals surface area contributed by atoms with Gasteiger partial charge in [-0.2, -0.15) is 5.26 Å². The Bertz CT molecular complexity index is 526. The molecule has 4 heteroatoms. The number of hydrogen-bond acceptors (Lipinski definition) is 3. The van der Waals surface area contributed by atoms with Gasteiger partial charge in [0.15, 0.2) is 0 Å². The topological polar surface area (TPSA) is 62.1 Å². The summed E-state index contributed by atoms with van der Waals surface area (Å²) in [5.74, 6) is 0.430. The molecule has 1 aromatic rings. The van der Waals surface area contributed by atoms with Crippen molar-refractivity contribution in [2.45, 2.75) is 45.6 Å². The molecule has 20 heavy (non-hydrogen) atoms. The number of nitriles is 1. The van der Waals surface area contributed by atoms with Crippen molar-refractivity contribution in [3.63, 3.8) is 0 Å². The van der Waals surface area contributed by atoms with E-state index in [4.69, 9.17) is 4.74 Å². The van der Waals surface area contributed by atoms with Crippen molar-refractivity contribution in [2.24, 2.45) is 5.41 Å². The van der Waals surface area contributed by atoms with E-state index in [1.165, 1.54) is 0 Å². The molecule has 1 aliphatic carbocycles. The second-order valence-corrected chi connectivity index (χ2v) is 5.52. The number of para-hydroxylation sites is 2. The van der Waals surface area contributed by atoms with Crippen LogP contribution in [0.25, 0.3) is 0 Å². The molecule has 0 spiro atoms. The highest BCUT2D eigenvalue weighted by molar-refractivity contribution is 5.98. The van der Waals surface area contributed by atoms with Gasteiger partial charge >= 0.3 is 0 Å². The molecule has 2 rings (SSSR count). The van der Waals surface area contributed by atoms with Crippen LogP contribution in [0.15, 0.2) is 24.3 Å². The summed E-state index contributed by atoms with van der Waals surface area (Å²) < 4.78 is 5.68. The van der Waals surface area contributed by atoms with Crippen molar-refractivity contribution in [1.29, 1.82) is 5.26 Å². The first-order valence-electron chi connectivity index (χ1n) is 7.06. The van der Waals surface area contributed by atoms with Gasteiger partial charge < -0.3 is 10.1 Å². The largest absolute Gasteiger partial charge is 0.489 e. The zero-order valence-electron chi connectivity index (χ0n) is 12.0. The van der Waals surface area contributed by atoms with Crippen LogP contribution in [0.4, 0.5) is 5.69 Å². The van der Waals surface area contributed by atoms with Crippen molar-refractivity contribution < 1.29 is 9.53 Å². The molecule has 0 bridgehead atoms. The second kappa shape index (κ2) is 5.96. The first kappa shape index (κ1) is 14.4. The molecule has 1 aliphatic rings. The van der Waals surface area contributed by atoms with Gasteiger partial charge in [0.2, 0.25) is 5.91 Å². The van der Waals surface area contributed by atoms with E-state index in [2.05, 4.69) is 11.4 Å². The molecule has 0 unspecified atom stereocenters. The number of rotatable bonds is 4. The number of carbonyl (C=O) groups excluding carboxylic acids is 1. The van der Waals surface area contributed by atoms with Crippen LogP contribution in [0.2, 0.25) is 0 Å². The molecule has 1 fully saturated rings. The second-order valence-electron chi connectivity index (χ2n) is 5.52. The maximum absolute atomic E-state index is 12.4. The SMILES string of the molecule is CC(C)Oc1ccccc1NC(=O)C1(C#N)CCCC1. The molecular formula is C16H20N2O2. The van der Waals surface area contributed by atoms with E-state index < -0.39 is 5.41 Å². The third-order valence-electron chi connectivity index (χ3n) is 3.60. The normalized spacial score (nSPS) is 16.7. The summed E-state index contributed by atoms with van der Waals surface area (Å²) in [5.41, 5.74) is -0.238. The monoisotopic (exact) mass is 272 g/mol. The molecule has 1 saturated carbocycles. The lowest BCUT2D eigenvalue weighted by Gasteiger charge is -2.21. The van der Waals surface area contributed by atoms with Crippen LogP contribution < -0.4 is 10.1 Å². The average molecular weight is 272 g/mol. The van der Waals surface area contributed by atoms with E-state index in [0.717, 1.165) is 12.8 Å². The summed E-state index contributed by atoms with van der Waals surface area (Å²) in [4.78, 5) is 12.4. The van der Waals surface area contributed by atoms with Gasteiger partial charge in [-0.15, -0.1) is 0 Å².